The second-order valence-corrected chi connectivity index (χ2v) is 11.5. The molecule has 0 radical (unpaired) electrons. The topological polar surface area (TPSA) is 111 Å². The lowest BCUT2D eigenvalue weighted by atomic mass is 9.62. The van der Waals surface area contributed by atoms with Gasteiger partial charge in [-0.25, -0.2) is 0 Å². The van der Waals surface area contributed by atoms with E-state index in [4.69, 9.17) is 14.2 Å². The van der Waals surface area contributed by atoms with Crippen molar-refractivity contribution in [1.29, 1.82) is 0 Å². The Balaban J connectivity index is 1.48. The van der Waals surface area contributed by atoms with E-state index in [-0.39, 0.29) is 23.0 Å². The third kappa shape index (κ3) is 4.23. The average molecular weight is 615 g/mol. The molecule has 7 rings (SSSR count). The van der Waals surface area contributed by atoms with Gasteiger partial charge in [0.05, 0.1) is 26.2 Å². The smallest absolute Gasteiger partial charge is 0.308 e. The Bertz CT molecular complexity index is 1950. The predicted octanol–water partition coefficient (Wildman–Crippen LogP) is 5.61. The van der Waals surface area contributed by atoms with Crippen LogP contribution in [0.1, 0.15) is 50.4 Å². The summed E-state index contributed by atoms with van der Waals surface area (Å²) in [5.74, 6) is -1.65. The van der Waals surface area contributed by atoms with E-state index < -0.39 is 29.4 Å². The van der Waals surface area contributed by atoms with E-state index in [0.29, 0.717) is 34.1 Å². The highest BCUT2D eigenvalue weighted by Crippen LogP contribution is 2.62. The number of carbonyl (C=O) groups is 4. The number of nitrogens with one attached hydrogen (secondary N) is 1. The van der Waals surface area contributed by atoms with Crippen molar-refractivity contribution >= 4 is 35.2 Å². The number of para-hydroxylation sites is 1. The van der Waals surface area contributed by atoms with Gasteiger partial charge in [0.25, 0.3) is 0 Å². The van der Waals surface area contributed by atoms with Gasteiger partial charge >= 0.3 is 5.97 Å². The number of benzene rings is 4. The zero-order chi connectivity index (χ0) is 32.2. The van der Waals surface area contributed by atoms with Crippen LogP contribution in [0.3, 0.4) is 0 Å². The van der Waals surface area contributed by atoms with E-state index in [1.165, 1.54) is 21.1 Å². The normalized spacial score (nSPS) is 22.0. The molecule has 1 spiro atoms. The Morgan fingerprint density at radius 3 is 2.24 bits per heavy atom. The van der Waals surface area contributed by atoms with Gasteiger partial charge in [-0.1, -0.05) is 42.5 Å². The van der Waals surface area contributed by atoms with Crippen LogP contribution in [0.5, 0.6) is 17.2 Å². The zero-order valence-electron chi connectivity index (χ0n) is 25.4. The molecule has 230 valence electrons. The third-order valence-corrected chi connectivity index (χ3v) is 9.19. The summed E-state index contributed by atoms with van der Waals surface area (Å²) in [7, 11) is 2.99. The molecule has 1 N–H and O–H groups in total. The van der Waals surface area contributed by atoms with Crippen LogP contribution >= 0.6 is 0 Å². The van der Waals surface area contributed by atoms with Crippen LogP contribution in [0.2, 0.25) is 0 Å². The lowest BCUT2D eigenvalue weighted by molar-refractivity contribution is -0.131. The lowest BCUT2D eigenvalue weighted by Crippen LogP contribution is -2.49. The minimum atomic E-state index is -1.47. The second kappa shape index (κ2) is 11.0. The molecule has 3 heterocycles. The molecule has 9 heteroatoms. The highest BCUT2D eigenvalue weighted by atomic mass is 16.5. The average Bonchev–Trinajstić information content (AvgIpc) is 3.55. The van der Waals surface area contributed by atoms with E-state index in [2.05, 4.69) is 5.32 Å². The van der Waals surface area contributed by atoms with Crippen molar-refractivity contribution in [1.82, 2.24) is 4.90 Å². The van der Waals surface area contributed by atoms with Crippen molar-refractivity contribution in [2.45, 2.75) is 24.4 Å². The third-order valence-electron chi connectivity index (χ3n) is 9.19. The van der Waals surface area contributed by atoms with Gasteiger partial charge in [-0.2, -0.15) is 0 Å². The molecule has 1 fully saturated rings. The number of amides is 1. The highest BCUT2D eigenvalue weighted by Gasteiger charge is 2.70. The molecule has 0 aromatic heterocycles. The summed E-state index contributed by atoms with van der Waals surface area (Å²) in [4.78, 5) is 57.8. The molecule has 0 aliphatic carbocycles. The summed E-state index contributed by atoms with van der Waals surface area (Å²) in [5.41, 5.74) is 2.10. The summed E-state index contributed by atoms with van der Waals surface area (Å²) in [5, 5.41) is 3.05. The number of hydrogen-bond donors (Lipinski definition) is 1. The molecular weight excluding hydrogens is 584 g/mol. The van der Waals surface area contributed by atoms with Crippen molar-refractivity contribution < 1.29 is 33.4 Å². The summed E-state index contributed by atoms with van der Waals surface area (Å²) < 4.78 is 16.1. The van der Waals surface area contributed by atoms with Gasteiger partial charge in [-0.3, -0.25) is 19.2 Å². The molecule has 0 bridgehead atoms. The SMILES string of the molecule is COc1ccc(C(=O)[C@H]2[C@@H](C(=O)c3ccc(OC(C)=O)cc3)N3C=Cc4ccccc4[C@@H]3[C@@]23C(=O)Nc2ccccc23)cc1OC. The van der Waals surface area contributed by atoms with Crippen molar-refractivity contribution in [3.63, 3.8) is 0 Å². The first-order valence-corrected chi connectivity index (χ1v) is 14.8. The van der Waals surface area contributed by atoms with Crippen LogP contribution in [-0.4, -0.2) is 48.6 Å². The number of carbonyl (C=O) groups excluding carboxylic acids is 4. The number of ketones is 2. The van der Waals surface area contributed by atoms with Crippen molar-refractivity contribution in [3.8, 4) is 17.2 Å². The van der Waals surface area contributed by atoms with Crippen LogP contribution in [0.25, 0.3) is 6.08 Å². The molecule has 1 saturated heterocycles. The minimum Gasteiger partial charge on any atom is -0.493 e. The van der Waals surface area contributed by atoms with E-state index in [1.54, 1.807) is 42.5 Å². The van der Waals surface area contributed by atoms with E-state index in [9.17, 15) is 14.4 Å². The number of ether oxygens (including phenoxy) is 3. The second-order valence-electron chi connectivity index (χ2n) is 11.5. The molecule has 1 amide bonds. The largest absolute Gasteiger partial charge is 0.493 e. The fraction of sp³-hybridized carbons (Fsp3) is 0.189. The maximum absolute atomic E-state index is 15.1. The molecule has 3 aliphatic rings. The number of anilines is 1. The first kappa shape index (κ1) is 29.0. The monoisotopic (exact) mass is 614 g/mol. The van der Waals surface area contributed by atoms with Crippen LogP contribution in [-0.2, 0) is 15.0 Å². The molecule has 3 aliphatic heterocycles. The van der Waals surface area contributed by atoms with Gasteiger partial charge in [0.1, 0.15) is 17.2 Å². The Hall–Kier alpha value is -5.70. The maximum Gasteiger partial charge on any atom is 0.308 e. The fourth-order valence-electron chi connectivity index (χ4n) is 7.36. The lowest BCUT2D eigenvalue weighted by Gasteiger charge is -2.38. The molecule has 0 unspecified atom stereocenters. The van der Waals surface area contributed by atoms with E-state index in [0.717, 1.165) is 11.1 Å². The quantitative estimate of drug-likeness (QED) is 0.163. The van der Waals surface area contributed by atoms with Gasteiger partial charge in [0.2, 0.25) is 5.91 Å². The number of methoxy groups -OCH3 is 2. The molecule has 0 saturated carbocycles. The van der Waals surface area contributed by atoms with Gasteiger partial charge in [-0.05, 0) is 71.3 Å². The first-order chi connectivity index (χ1) is 22.3. The van der Waals surface area contributed by atoms with Gasteiger partial charge in [-0.15, -0.1) is 0 Å². The summed E-state index contributed by atoms with van der Waals surface area (Å²) in [6.07, 6.45) is 3.73. The number of nitrogens with zero attached hydrogens (tertiary/aromatic N) is 1. The summed E-state index contributed by atoms with van der Waals surface area (Å²) in [6.45, 7) is 1.30. The van der Waals surface area contributed by atoms with Gasteiger partial charge in [0.15, 0.2) is 23.1 Å². The van der Waals surface area contributed by atoms with E-state index >= 15 is 4.79 Å². The Morgan fingerprint density at radius 2 is 1.50 bits per heavy atom. The van der Waals surface area contributed by atoms with Crippen molar-refractivity contribution in [3.05, 3.63) is 125 Å². The standard InChI is InChI=1S/C37H30N2O7/c1-21(40)46-25-15-12-23(13-16-25)34(42)32-31(33(41)24-14-17-29(44-2)30(20-24)45-3)37(27-10-6-7-11-28(27)38-36(37)43)35-26-9-5-4-8-22(26)18-19-39(32)35/h4-20,31-32,35H,1-3H3,(H,38,43)/t31-,32+,35-,37+/m1/s1. The summed E-state index contributed by atoms with van der Waals surface area (Å²) in [6, 6.07) is 24.4. The Kier molecular flexibility index (Phi) is 6.96. The van der Waals surface area contributed by atoms with Crippen LogP contribution in [0, 0.1) is 5.92 Å². The zero-order valence-corrected chi connectivity index (χ0v) is 25.4. The first-order valence-electron chi connectivity index (χ1n) is 14.8. The number of esters is 1. The Morgan fingerprint density at radius 1 is 0.804 bits per heavy atom. The molecule has 46 heavy (non-hydrogen) atoms. The van der Waals surface area contributed by atoms with Crippen LogP contribution in [0.4, 0.5) is 5.69 Å². The number of rotatable bonds is 7. The maximum atomic E-state index is 15.1. The number of hydrogen-bond acceptors (Lipinski definition) is 8. The Labute approximate surface area is 265 Å². The highest BCUT2D eigenvalue weighted by molar-refractivity contribution is 6.16. The van der Waals surface area contributed by atoms with Crippen LogP contribution in [0.15, 0.2) is 97.2 Å². The van der Waals surface area contributed by atoms with E-state index in [1.807, 2.05) is 65.7 Å². The number of fused-ring (bicyclic) bond motifs is 6. The predicted molar refractivity (Wildman–Crippen MR) is 170 cm³/mol. The molecule has 4 aromatic carbocycles. The van der Waals surface area contributed by atoms with Crippen LogP contribution < -0.4 is 19.5 Å². The van der Waals surface area contributed by atoms with Gasteiger partial charge < -0.3 is 24.4 Å². The van der Waals surface area contributed by atoms with Gasteiger partial charge in [0, 0.05) is 29.9 Å². The molecular formula is C37H30N2O7. The minimum absolute atomic E-state index is 0.277. The van der Waals surface area contributed by atoms with Crippen molar-refractivity contribution in [2.24, 2.45) is 5.92 Å². The number of Topliss-reactive ketones (excluding diaryl/α,β-unsaturated/α-hetero) is 2. The molecule has 4 atom stereocenters. The molecule has 9 nitrogen and oxygen atoms in total. The molecule has 4 aromatic rings. The summed E-state index contributed by atoms with van der Waals surface area (Å²) >= 11 is 0. The fourth-order valence-corrected chi connectivity index (χ4v) is 7.36. The van der Waals surface area contributed by atoms with Crippen molar-refractivity contribution in [2.75, 3.05) is 19.5 Å².